The van der Waals surface area contributed by atoms with E-state index in [1.54, 1.807) is 0 Å². The molecule has 1 atom stereocenters. The number of unbranched alkanes of at least 4 members (excludes halogenated alkanes) is 2. The summed E-state index contributed by atoms with van der Waals surface area (Å²) in [5.74, 6) is 0.132. The number of carbonyl (C=O) groups excluding carboxylic acids is 1. The van der Waals surface area contributed by atoms with Gasteiger partial charge >= 0.3 is 0 Å². The highest BCUT2D eigenvalue weighted by Gasteiger charge is 2.09. The smallest absolute Gasteiger partial charge is 0.234 e. The van der Waals surface area contributed by atoms with Gasteiger partial charge in [-0.05, 0) is 27.4 Å². The van der Waals surface area contributed by atoms with E-state index in [0.717, 1.165) is 19.5 Å². The average molecular weight is 243 g/mol. The van der Waals surface area contributed by atoms with Gasteiger partial charge in [-0.15, -0.1) is 0 Å². The highest BCUT2D eigenvalue weighted by atomic mass is 16.2. The van der Waals surface area contributed by atoms with Crippen molar-refractivity contribution in [3.8, 4) is 0 Å². The number of rotatable bonds is 10. The predicted octanol–water partition coefficient (Wildman–Crippen LogP) is 1.22. The molecule has 0 heterocycles. The Hall–Kier alpha value is -0.610. The summed E-state index contributed by atoms with van der Waals surface area (Å²) in [7, 11) is 3.89. The predicted molar refractivity (Wildman–Crippen MR) is 73.2 cm³/mol. The number of nitrogens with one attached hydrogen (secondary N) is 2. The van der Waals surface area contributed by atoms with Crippen molar-refractivity contribution < 1.29 is 4.79 Å². The van der Waals surface area contributed by atoms with Gasteiger partial charge < -0.3 is 10.6 Å². The van der Waals surface area contributed by atoms with Gasteiger partial charge in [-0.1, -0.05) is 26.2 Å². The summed E-state index contributed by atoms with van der Waals surface area (Å²) in [4.78, 5) is 13.7. The fourth-order valence-electron chi connectivity index (χ4n) is 1.72. The summed E-state index contributed by atoms with van der Waals surface area (Å²) in [6.07, 6.45) is 4.77. The fourth-order valence-corrected chi connectivity index (χ4v) is 1.72. The van der Waals surface area contributed by atoms with Gasteiger partial charge in [0, 0.05) is 19.1 Å². The monoisotopic (exact) mass is 243 g/mol. The van der Waals surface area contributed by atoms with Crippen molar-refractivity contribution >= 4 is 5.91 Å². The quantitative estimate of drug-likeness (QED) is 0.567. The Morgan fingerprint density at radius 1 is 1.35 bits per heavy atom. The molecule has 0 aromatic rings. The van der Waals surface area contributed by atoms with Gasteiger partial charge in [0.1, 0.15) is 0 Å². The Morgan fingerprint density at radius 2 is 2.06 bits per heavy atom. The maximum absolute atomic E-state index is 11.7. The van der Waals surface area contributed by atoms with Gasteiger partial charge in [-0.2, -0.15) is 0 Å². The summed E-state index contributed by atoms with van der Waals surface area (Å²) < 4.78 is 0. The van der Waals surface area contributed by atoms with Gasteiger partial charge in [-0.25, -0.2) is 0 Å². The largest absolute Gasteiger partial charge is 0.353 e. The van der Waals surface area contributed by atoms with Crippen LogP contribution in [0, 0.1) is 0 Å². The van der Waals surface area contributed by atoms with Crippen molar-refractivity contribution in [3.63, 3.8) is 0 Å². The molecule has 4 nitrogen and oxygen atoms in total. The first-order chi connectivity index (χ1) is 8.10. The van der Waals surface area contributed by atoms with Crippen LogP contribution < -0.4 is 10.6 Å². The van der Waals surface area contributed by atoms with Crippen LogP contribution in [0.5, 0.6) is 0 Å². The van der Waals surface area contributed by atoms with Crippen LogP contribution in [0.1, 0.15) is 39.5 Å². The number of amides is 1. The molecule has 0 bridgehead atoms. The van der Waals surface area contributed by atoms with Crippen LogP contribution in [0.3, 0.4) is 0 Å². The minimum Gasteiger partial charge on any atom is -0.353 e. The molecule has 0 aliphatic rings. The summed E-state index contributed by atoms with van der Waals surface area (Å²) in [5, 5.41) is 6.12. The molecule has 0 rings (SSSR count). The van der Waals surface area contributed by atoms with E-state index in [1.807, 2.05) is 19.0 Å². The van der Waals surface area contributed by atoms with Gasteiger partial charge in [0.05, 0.1) is 6.54 Å². The van der Waals surface area contributed by atoms with Crippen LogP contribution in [0.2, 0.25) is 0 Å². The van der Waals surface area contributed by atoms with Gasteiger partial charge in [0.15, 0.2) is 0 Å². The maximum atomic E-state index is 11.7. The summed E-state index contributed by atoms with van der Waals surface area (Å²) in [6.45, 7) is 6.57. The van der Waals surface area contributed by atoms with E-state index in [9.17, 15) is 4.79 Å². The van der Waals surface area contributed by atoms with Crippen molar-refractivity contribution in [1.82, 2.24) is 15.5 Å². The average Bonchev–Trinajstić information content (AvgIpc) is 2.26. The van der Waals surface area contributed by atoms with Gasteiger partial charge in [0.2, 0.25) is 5.91 Å². The van der Waals surface area contributed by atoms with Crippen molar-refractivity contribution in [2.75, 3.05) is 33.7 Å². The van der Waals surface area contributed by atoms with Crippen LogP contribution in [0.4, 0.5) is 0 Å². The molecule has 17 heavy (non-hydrogen) atoms. The lowest BCUT2D eigenvalue weighted by Crippen LogP contribution is -2.41. The van der Waals surface area contributed by atoms with Crippen molar-refractivity contribution in [3.05, 3.63) is 0 Å². The third-order valence-electron chi connectivity index (χ3n) is 2.81. The fraction of sp³-hybridized carbons (Fsp3) is 0.923. The zero-order valence-electron chi connectivity index (χ0n) is 11.9. The second-order valence-electron chi connectivity index (χ2n) is 4.81. The first kappa shape index (κ1) is 16.4. The van der Waals surface area contributed by atoms with E-state index in [-0.39, 0.29) is 5.91 Å². The summed E-state index contributed by atoms with van der Waals surface area (Å²) in [6, 6.07) is 0.298. The Morgan fingerprint density at radius 3 is 2.65 bits per heavy atom. The molecule has 0 spiro atoms. The van der Waals surface area contributed by atoms with E-state index in [2.05, 4.69) is 24.5 Å². The lowest BCUT2D eigenvalue weighted by atomic mass is 10.1. The molecule has 4 heteroatoms. The van der Waals surface area contributed by atoms with E-state index < -0.39 is 0 Å². The summed E-state index contributed by atoms with van der Waals surface area (Å²) in [5.41, 5.74) is 0. The molecule has 0 aromatic heterocycles. The van der Waals surface area contributed by atoms with Crippen LogP contribution in [-0.2, 0) is 4.79 Å². The van der Waals surface area contributed by atoms with E-state index in [1.165, 1.54) is 19.3 Å². The molecule has 1 unspecified atom stereocenters. The topological polar surface area (TPSA) is 44.4 Å². The number of hydrogen-bond donors (Lipinski definition) is 2. The van der Waals surface area contributed by atoms with Crippen LogP contribution in [0.25, 0.3) is 0 Å². The molecular weight excluding hydrogens is 214 g/mol. The molecule has 0 saturated heterocycles. The number of carbonyl (C=O) groups is 1. The molecule has 0 aliphatic carbocycles. The molecule has 102 valence electrons. The van der Waals surface area contributed by atoms with Crippen LogP contribution in [-0.4, -0.2) is 50.6 Å². The molecule has 0 radical (unpaired) electrons. The Balaban J connectivity index is 3.62. The third-order valence-corrected chi connectivity index (χ3v) is 2.81. The molecule has 1 amide bonds. The van der Waals surface area contributed by atoms with E-state index in [4.69, 9.17) is 0 Å². The second kappa shape index (κ2) is 10.5. The van der Waals surface area contributed by atoms with E-state index >= 15 is 0 Å². The highest BCUT2D eigenvalue weighted by Crippen LogP contribution is 2.02. The molecule has 2 N–H and O–H groups in total. The third kappa shape index (κ3) is 10.3. The van der Waals surface area contributed by atoms with Crippen molar-refractivity contribution in [2.45, 2.75) is 45.6 Å². The zero-order chi connectivity index (χ0) is 13.1. The first-order valence-corrected chi connectivity index (χ1v) is 6.72. The van der Waals surface area contributed by atoms with Crippen LogP contribution >= 0.6 is 0 Å². The maximum Gasteiger partial charge on any atom is 0.234 e. The molecule has 0 saturated carbocycles. The zero-order valence-corrected chi connectivity index (χ0v) is 11.9. The van der Waals surface area contributed by atoms with Crippen LogP contribution in [0.15, 0.2) is 0 Å². The minimum atomic E-state index is 0.132. The Labute approximate surface area is 106 Å². The summed E-state index contributed by atoms with van der Waals surface area (Å²) >= 11 is 0. The van der Waals surface area contributed by atoms with Crippen molar-refractivity contribution in [1.29, 1.82) is 0 Å². The van der Waals surface area contributed by atoms with Gasteiger partial charge in [0.25, 0.3) is 0 Å². The molecule has 0 aliphatic heterocycles. The lowest BCUT2D eigenvalue weighted by Gasteiger charge is -2.18. The standard InChI is InChI=1S/C13H29N3O/c1-5-6-7-8-12(2)15-13(17)11-16(4)10-9-14-3/h12,14H,5-11H2,1-4H3,(H,15,17). The molecular formula is C13H29N3O. The molecule has 0 aromatic carbocycles. The van der Waals surface area contributed by atoms with Crippen molar-refractivity contribution in [2.24, 2.45) is 0 Å². The Bertz CT molecular complexity index is 197. The normalized spacial score (nSPS) is 12.8. The number of likely N-dealkylation sites (N-methyl/N-ethyl adjacent to an activating group) is 2. The molecule has 0 fully saturated rings. The Kier molecular flexibility index (Phi) is 10.2. The lowest BCUT2D eigenvalue weighted by molar-refractivity contribution is -0.122. The highest BCUT2D eigenvalue weighted by molar-refractivity contribution is 5.78. The number of hydrogen-bond acceptors (Lipinski definition) is 3. The first-order valence-electron chi connectivity index (χ1n) is 6.72. The van der Waals surface area contributed by atoms with Gasteiger partial charge in [-0.3, -0.25) is 9.69 Å². The minimum absolute atomic E-state index is 0.132. The number of nitrogens with zero attached hydrogens (tertiary/aromatic N) is 1. The van der Waals surface area contributed by atoms with E-state index in [0.29, 0.717) is 12.6 Å². The SMILES string of the molecule is CCCCCC(C)NC(=O)CN(C)CCNC. The second-order valence-corrected chi connectivity index (χ2v) is 4.81.